The van der Waals surface area contributed by atoms with Crippen LogP contribution in [0.5, 0.6) is 0 Å². The maximum absolute atomic E-state index is 12.7. The maximum atomic E-state index is 12.7. The number of rotatable bonds is 12. The van der Waals surface area contributed by atoms with Gasteiger partial charge in [0.25, 0.3) is 0 Å². The molecule has 0 spiro atoms. The summed E-state index contributed by atoms with van der Waals surface area (Å²) in [7, 11) is 0. The summed E-state index contributed by atoms with van der Waals surface area (Å²) in [4.78, 5) is 50.3. The van der Waals surface area contributed by atoms with E-state index in [4.69, 9.17) is 9.47 Å². The first kappa shape index (κ1) is 32.6. The van der Waals surface area contributed by atoms with Gasteiger partial charge in [0.1, 0.15) is 13.2 Å². The summed E-state index contributed by atoms with van der Waals surface area (Å²) in [5.41, 5.74) is 1.57. The summed E-state index contributed by atoms with van der Waals surface area (Å²) in [6, 6.07) is 17.0. The zero-order valence-electron chi connectivity index (χ0n) is 25.2. The Hall–Kier alpha value is -4.34. The first-order valence-electron chi connectivity index (χ1n) is 15.7. The normalized spacial score (nSPS) is 17.2. The molecule has 0 heterocycles. The van der Waals surface area contributed by atoms with Gasteiger partial charge >= 0.3 is 24.0 Å². The number of carbonyl (C=O) groups is 4. The standard InChI is InChI=1S/C34H44N4O6/c39-31(43-23-29(25-13-5-1-6-14-25)37-33(41)35-27-17-9-3-10-18-27)21-22-32(40)44-24-30(26-15-7-2-8-16-26)38-34(42)36-28-19-11-4-12-20-28/h1-2,5-8,13-16,21-22,27-30H,3-4,9-12,17-20,23-24H2,(H2,35,37,41)(H2,36,38,42)/b22-21+/t29-,30-/m1/s1. The molecule has 2 aromatic rings. The second-order valence-electron chi connectivity index (χ2n) is 11.4. The molecule has 10 nitrogen and oxygen atoms in total. The molecule has 2 fully saturated rings. The average molecular weight is 605 g/mol. The summed E-state index contributed by atoms with van der Waals surface area (Å²) < 4.78 is 10.8. The zero-order valence-corrected chi connectivity index (χ0v) is 25.2. The van der Waals surface area contributed by atoms with Gasteiger partial charge in [-0.15, -0.1) is 0 Å². The van der Waals surface area contributed by atoms with Gasteiger partial charge in [-0.3, -0.25) is 0 Å². The molecule has 2 aromatic carbocycles. The van der Waals surface area contributed by atoms with E-state index in [9.17, 15) is 19.2 Å². The third-order valence-electron chi connectivity index (χ3n) is 8.04. The number of hydrogen-bond acceptors (Lipinski definition) is 6. The highest BCUT2D eigenvalue weighted by atomic mass is 16.5. The van der Waals surface area contributed by atoms with Crippen LogP contribution in [0, 0.1) is 0 Å². The average Bonchev–Trinajstić information content (AvgIpc) is 3.05. The second-order valence-corrected chi connectivity index (χ2v) is 11.4. The van der Waals surface area contributed by atoms with E-state index in [1.165, 1.54) is 12.8 Å². The predicted molar refractivity (Wildman–Crippen MR) is 167 cm³/mol. The predicted octanol–water partition coefficient (Wildman–Crippen LogP) is 5.38. The Morgan fingerprint density at radius 3 is 1.32 bits per heavy atom. The van der Waals surface area contributed by atoms with Crippen molar-refractivity contribution >= 4 is 24.0 Å². The molecule has 10 heteroatoms. The van der Waals surface area contributed by atoms with Gasteiger partial charge in [-0.2, -0.15) is 0 Å². The molecule has 2 aliphatic rings. The molecular formula is C34H44N4O6. The number of urea groups is 2. The third kappa shape index (κ3) is 11.4. The molecule has 0 saturated heterocycles. The number of esters is 2. The number of amides is 4. The Kier molecular flexibility index (Phi) is 13.1. The van der Waals surface area contributed by atoms with Crippen LogP contribution in [-0.2, 0) is 19.1 Å². The Bertz CT molecular complexity index is 1130. The minimum Gasteiger partial charge on any atom is -0.460 e. The van der Waals surface area contributed by atoms with Gasteiger partial charge in [-0.1, -0.05) is 99.2 Å². The van der Waals surface area contributed by atoms with Gasteiger partial charge in [0.05, 0.1) is 12.1 Å². The SMILES string of the molecule is O=C(NC1CCCCC1)N[C@H](COC(=O)/C=C/C(=O)OC[C@@H](NC(=O)NC1CCCCC1)c1ccccc1)c1ccccc1. The molecule has 2 saturated carbocycles. The molecule has 4 rings (SSSR count). The lowest BCUT2D eigenvalue weighted by Gasteiger charge is -2.25. The number of nitrogens with one attached hydrogen (secondary N) is 4. The Morgan fingerprint density at radius 2 is 0.955 bits per heavy atom. The van der Waals surface area contributed by atoms with Gasteiger partial charge in [-0.25, -0.2) is 19.2 Å². The lowest BCUT2D eigenvalue weighted by atomic mass is 9.96. The highest BCUT2D eigenvalue weighted by Crippen LogP contribution is 2.19. The van der Waals surface area contributed by atoms with Crippen molar-refractivity contribution < 1.29 is 28.7 Å². The smallest absolute Gasteiger partial charge is 0.331 e. The van der Waals surface area contributed by atoms with E-state index in [2.05, 4.69) is 21.3 Å². The summed E-state index contributed by atoms with van der Waals surface area (Å²) in [6.07, 6.45) is 12.6. The molecule has 2 atom stereocenters. The molecule has 0 aromatic heterocycles. The quantitative estimate of drug-likeness (QED) is 0.190. The molecule has 4 amide bonds. The summed E-state index contributed by atoms with van der Waals surface area (Å²) in [5, 5.41) is 11.9. The summed E-state index contributed by atoms with van der Waals surface area (Å²) >= 11 is 0. The van der Waals surface area contributed by atoms with E-state index in [1.54, 1.807) is 0 Å². The molecule has 4 N–H and O–H groups in total. The van der Waals surface area contributed by atoms with Crippen molar-refractivity contribution in [3.63, 3.8) is 0 Å². The summed E-state index contributed by atoms with van der Waals surface area (Å²) in [6.45, 7) is -0.229. The molecule has 2 aliphatic carbocycles. The molecule has 0 radical (unpaired) electrons. The molecule has 0 unspecified atom stereocenters. The molecule has 0 aliphatic heterocycles. The minimum atomic E-state index is -0.748. The summed E-state index contributed by atoms with van der Waals surface area (Å²) in [5.74, 6) is -1.50. The van der Waals surface area contributed by atoms with E-state index in [1.807, 2.05) is 60.7 Å². The van der Waals surface area contributed by atoms with Crippen LogP contribution in [0.1, 0.15) is 87.4 Å². The van der Waals surface area contributed by atoms with Gasteiger partial charge in [0.2, 0.25) is 0 Å². The Morgan fingerprint density at radius 1 is 0.591 bits per heavy atom. The van der Waals surface area contributed by atoms with Gasteiger partial charge < -0.3 is 30.7 Å². The van der Waals surface area contributed by atoms with Crippen molar-refractivity contribution in [3.8, 4) is 0 Å². The van der Waals surface area contributed by atoms with Crippen molar-refractivity contribution in [3.05, 3.63) is 83.9 Å². The van der Waals surface area contributed by atoms with Crippen LogP contribution in [-0.4, -0.2) is 49.3 Å². The fourth-order valence-corrected chi connectivity index (χ4v) is 5.64. The third-order valence-corrected chi connectivity index (χ3v) is 8.04. The van der Waals surface area contributed by atoms with Crippen molar-refractivity contribution in [2.24, 2.45) is 0 Å². The van der Waals surface area contributed by atoms with Crippen LogP contribution >= 0.6 is 0 Å². The van der Waals surface area contributed by atoms with E-state index in [0.29, 0.717) is 0 Å². The highest BCUT2D eigenvalue weighted by molar-refractivity contribution is 5.91. The van der Waals surface area contributed by atoms with Crippen molar-refractivity contribution in [1.82, 2.24) is 21.3 Å². The van der Waals surface area contributed by atoms with E-state index < -0.39 is 24.0 Å². The molecule has 44 heavy (non-hydrogen) atoms. The van der Waals surface area contributed by atoms with Crippen LogP contribution in [0.3, 0.4) is 0 Å². The number of benzene rings is 2. The van der Waals surface area contributed by atoms with Crippen LogP contribution in [0.25, 0.3) is 0 Å². The lowest BCUT2D eigenvalue weighted by Crippen LogP contribution is -2.45. The van der Waals surface area contributed by atoms with Gasteiger partial charge in [0, 0.05) is 24.2 Å². The largest absolute Gasteiger partial charge is 0.460 e. The van der Waals surface area contributed by atoms with Crippen LogP contribution in [0.2, 0.25) is 0 Å². The fraction of sp³-hybridized carbons (Fsp3) is 0.471. The van der Waals surface area contributed by atoms with E-state index >= 15 is 0 Å². The van der Waals surface area contributed by atoms with Crippen LogP contribution < -0.4 is 21.3 Å². The monoisotopic (exact) mass is 604 g/mol. The number of carbonyl (C=O) groups excluding carboxylic acids is 4. The van der Waals surface area contributed by atoms with E-state index in [-0.39, 0.29) is 37.4 Å². The first-order valence-corrected chi connectivity index (χ1v) is 15.7. The van der Waals surface area contributed by atoms with Gasteiger partial charge in [0.15, 0.2) is 0 Å². The van der Waals surface area contributed by atoms with Crippen molar-refractivity contribution in [2.45, 2.75) is 88.4 Å². The minimum absolute atomic E-state index is 0.115. The van der Waals surface area contributed by atoms with E-state index in [0.717, 1.165) is 74.6 Å². The molecule has 0 bridgehead atoms. The fourth-order valence-electron chi connectivity index (χ4n) is 5.64. The first-order chi connectivity index (χ1) is 21.5. The number of hydrogen-bond donors (Lipinski definition) is 4. The van der Waals surface area contributed by atoms with Crippen molar-refractivity contribution in [1.29, 1.82) is 0 Å². The molecular weight excluding hydrogens is 560 g/mol. The zero-order chi connectivity index (χ0) is 31.0. The topological polar surface area (TPSA) is 135 Å². The Labute approximate surface area is 259 Å². The van der Waals surface area contributed by atoms with Crippen molar-refractivity contribution in [2.75, 3.05) is 13.2 Å². The molecule has 236 valence electrons. The Balaban J connectivity index is 1.26. The highest BCUT2D eigenvalue weighted by Gasteiger charge is 2.22. The lowest BCUT2D eigenvalue weighted by molar-refractivity contribution is -0.141. The van der Waals surface area contributed by atoms with Crippen LogP contribution in [0.15, 0.2) is 72.8 Å². The number of ether oxygens (including phenoxy) is 2. The second kappa shape index (κ2) is 17.7. The van der Waals surface area contributed by atoms with Crippen LogP contribution in [0.4, 0.5) is 9.59 Å². The maximum Gasteiger partial charge on any atom is 0.331 e. The van der Waals surface area contributed by atoms with Gasteiger partial charge in [-0.05, 0) is 36.8 Å².